The fourth-order valence-corrected chi connectivity index (χ4v) is 2.95. The van der Waals surface area contributed by atoms with E-state index in [1.807, 2.05) is 0 Å². The number of β-lactam (4-membered cyclic amide) rings is 1. The van der Waals surface area contributed by atoms with Gasteiger partial charge >= 0.3 is 0 Å². The normalized spacial score (nSPS) is 21.5. The lowest BCUT2D eigenvalue weighted by Crippen LogP contribution is -2.65. The van der Waals surface area contributed by atoms with Crippen LogP contribution in [-0.4, -0.2) is 50.9 Å². The maximum Gasteiger partial charge on any atom is 0.269 e. The molecule has 1 fully saturated rings. The maximum absolute atomic E-state index is 11.8. The first kappa shape index (κ1) is 18.0. The molecule has 1 aliphatic rings. The number of benzene rings is 1. The van der Waals surface area contributed by atoms with E-state index in [-0.39, 0.29) is 31.4 Å². The lowest BCUT2D eigenvalue weighted by molar-refractivity contribution is -0.384. The molecule has 9 nitrogen and oxygen atoms in total. The van der Waals surface area contributed by atoms with Crippen molar-refractivity contribution < 1.29 is 29.8 Å². The standard InChI is InChI=1S/C15H18N2O7/c18-6-5-12-13(14(20)16-12)11(15(21,22)8-19)7-9-1-3-10(4-2-9)17(23)24/h1-4,8,11-13,18,21-22H,5-7H2,(H,16,20). The number of aliphatic hydroxyl groups excluding tert-OH is 1. The van der Waals surface area contributed by atoms with Crippen LogP contribution >= 0.6 is 0 Å². The summed E-state index contributed by atoms with van der Waals surface area (Å²) < 4.78 is 0. The Morgan fingerprint density at radius 2 is 1.96 bits per heavy atom. The first-order valence-electron chi connectivity index (χ1n) is 7.35. The number of aldehydes is 1. The van der Waals surface area contributed by atoms with E-state index in [1.165, 1.54) is 24.3 Å². The van der Waals surface area contributed by atoms with E-state index in [1.54, 1.807) is 0 Å². The number of carbonyl (C=O) groups excluding carboxylic acids is 2. The van der Waals surface area contributed by atoms with Crippen LogP contribution in [0.2, 0.25) is 0 Å². The van der Waals surface area contributed by atoms with Crippen molar-refractivity contribution in [1.82, 2.24) is 5.32 Å². The second-order valence-electron chi connectivity index (χ2n) is 5.79. The van der Waals surface area contributed by atoms with Crippen molar-refractivity contribution in [3.8, 4) is 0 Å². The highest BCUT2D eigenvalue weighted by molar-refractivity contribution is 5.87. The Morgan fingerprint density at radius 1 is 1.33 bits per heavy atom. The van der Waals surface area contributed by atoms with Gasteiger partial charge in [-0.1, -0.05) is 12.1 Å². The number of non-ortho nitro benzene ring substituents is 1. The molecule has 0 saturated carbocycles. The van der Waals surface area contributed by atoms with Gasteiger partial charge in [0.1, 0.15) is 0 Å². The molecule has 0 aliphatic carbocycles. The number of nitro groups is 1. The third-order valence-electron chi connectivity index (χ3n) is 4.26. The van der Waals surface area contributed by atoms with E-state index in [2.05, 4.69) is 5.32 Å². The monoisotopic (exact) mass is 338 g/mol. The van der Waals surface area contributed by atoms with Crippen LogP contribution in [0.25, 0.3) is 0 Å². The molecule has 1 amide bonds. The van der Waals surface area contributed by atoms with Crippen molar-refractivity contribution in [3.05, 3.63) is 39.9 Å². The number of amides is 1. The van der Waals surface area contributed by atoms with E-state index in [0.717, 1.165) is 0 Å². The number of nitro benzene ring substituents is 1. The molecule has 2 rings (SSSR count). The lowest BCUT2D eigenvalue weighted by Gasteiger charge is -2.44. The summed E-state index contributed by atoms with van der Waals surface area (Å²) in [5.41, 5.74) is 0.395. The van der Waals surface area contributed by atoms with Crippen LogP contribution in [0.3, 0.4) is 0 Å². The molecule has 9 heteroatoms. The predicted octanol–water partition coefficient (Wildman–Crippen LogP) is -0.870. The average Bonchev–Trinajstić information content (AvgIpc) is 2.54. The SMILES string of the molecule is O=CC(O)(O)C(Cc1ccc([N+](=O)[O-])cc1)C1C(=O)NC1CCO. The first-order chi connectivity index (χ1) is 11.3. The minimum Gasteiger partial charge on any atom is -0.396 e. The molecular weight excluding hydrogens is 320 g/mol. The van der Waals surface area contributed by atoms with E-state index >= 15 is 0 Å². The zero-order valence-corrected chi connectivity index (χ0v) is 12.7. The van der Waals surface area contributed by atoms with Crippen LogP contribution < -0.4 is 5.32 Å². The Kier molecular flexibility index (Phi) is 5.27. The Balaban J connectivity index is 2.25. The number of nitrogens with zero attached hydrogens (tertiary/aromatic N) is 1. The summed E-state index contributed by atoms with van der Waals surface area (Å²) in [6.07, 6.45) is 0.149. The van der Waals surface area contributed by atoms with Crippen LogP contribution in [-0.2, 0) is 16.0 Å². The number of hydrogen-bond acceptors (Lipinski definition) is 7. The van der Waals surface area contributed by atoms with Gasteiger partial charge in [0, 0.05) is 30.7 Å². The highest BCUT2D eigenvalue weighted by Crippen LogP contribution is 2.34. The van der Waals surface area contributed by atoms with Gasteiger partial charge in [0.25, 0.3) is 5.69 Å². The summed E-state index contributed by atoms with van der Waals surface area (Å²) in [4.78, 5) is 33.0. The topological polar surface area (TPSA) is 150 Å². The van der Waals surface area contributed by atoms with Gasteiger partial charge < -0.3 is 20.6 Å². The van der Waals surface area contributed by atoms with E-state index in [4.69, 9.17) is 5.11 Å². The van der Waals surface area contributed by atoms with Gasteiger partial charge in [0.15, 0.2) is 6.29 Å². The summed E-state index contributed by atoms with van der Waals surface area (Å²) in [5, 5.41) is 42.2. The fourth-order valence-electron chi connectivity index (χ4n) is 2.95. The molecule has 0 bridgehead atoms. The molecule has 0 aromatic heterocycles. The number of nitrogens with one attached hydrogen (secondary N) is 1. The van der Waals surface area contributed by atoms with Gasteiger partial charge in [-0.25, -0.2) is 0 Å². The molecule has 1 aromatic rings. The average molecular weight is 338 g/mol. The molecule has 1 saturated heterocycles. The molecule has 4 N–H and O–H groups in total. The number of hydrogen-bond donors (Lipinski definition) is 4. The Bertz CT molecular complexity index is 629. The molecule has 24 heavy (non-hydrogen) atoms. The molecular formula is C15H18N2O7. The van der Waals surface area contributed by atoms with E-state index in [0.29, 0.717) is 5.56 Å². The Hall–Kier alpha value is -2.36. The molecule has 3 atom stereocenters. The molecule has 3 unspecified atom stereocenters. The highest BCUT2D eigenvalue weighted by Gasteiger charge is 2.51. The number of aliphatic hydroxyl groups is 3. The van der Waals surface area contributed by atoms with Gasteiger partial charge in [0.2, 0.25) is 11.7 Å². The first-order valence-corrected chi connectivity index (χ1v) is 7.35. The van der Waals surface area contributed by atoms with Crippen LogP contribution in [0.1, 0.15) is 12.0 Å². The Labute approximate surface area is 137 Å². The Morgan fingerprint density at radius 3 is 2.42 bits per heavy atom. The van der Waals surface area contributed by atoms with Crippen molar-refractivity contribution in [2.45, 2.75) is 24.7 Å². The van der Waals surface area contributed by atoms with Gasteiger partial charge in [0.05, 0.1) is 10.8 Å². The number of carbonyl (C=O) groups is 2. The summed E-state index contributed by atoms with van der Waals surface area (Å²) in [6, 6.07) is 4.92. The number of rotatable bonds is 8. The summed E-state index contributed by atoms with van der Waals surface area (Å²) in [5.74, 6) is -5.15. The van der Waals surface area contributed by atoms with Crippen molar-refractivity contribution in [2.24, 2.45) is 11.8 Å². The smallest absolute Gasteiger partial charge is 0.269 e. The second-order valence-corrected chi connectivity index (χ2v) is 5.79. The van der Waals surface area contributed by atoms with Crippen LogP contribution in [0.4, 0.5) is 5.69 Å². The largest absolute Gasteiger partial charge is 0.396 e. The zero-order valence-electron chi connectivity index (χ0n) is 12.7. The third kappa shape index (κ3) is 3.58. The lowest BCUT2D eigenvalue weighted by atomic mass is 9.71. The van der Waals surface area contributed by atoms with Gasteiger partial charge in [-0.3, -0.25) is 19.7 Å². The minimum atomic E-state index is -2.72. The summed E-state index contributed by atoms with van der Waals surface area (Å²) in [6.45, 7) is -0.198. The van der Waals surface area contributed by atoms with E-state index < -0.39 is 34.5 Å². The quantitative estimate of drug-likeness (QED) is 0.158. The maximum atomic E-state index is 11.8. The second kappa shape index (κ2) is 7.04. The minimum absolute atomic E-state index is 0.0370. The fraction of sp³-hybridized carbons (Fsp3) is 0.467. The van der Waals surface area contributed by atoms with Gasteiger partial charge in [-0.15, -0.1) is 0 Å². The third-order valence-corrected chi connectivity index (χ3v) is 4.26. The van der Waals surface area contributed by atoms with Crippen LogP contribution in [0.15, 0.2) is 24.3 Å². The van der Waals surface area contributed by atoms with Crippen LogP contribution in [0.5, 0.6) is 0 Å². The van der Waals surface area contributed by atoms with Crippen molar-refractivity contribution in [3.63, 3.8) is 0 Å². The molecule has 1 heterocycles. The molecule has 1 aliphatic heterocycles. The summed E-state index contributed by atoms with van der Waals surface area (Å²) >= 11 is 0. The van der Waals surface area contributed by atoms with Crippen molar-refractivity contribution in [2.75, 3.05) is 6.61 Å². The summed E-state index contributed by atoms with van der Waals surface area (Å²) in [7, 11) is 0. The molecule has 0 spiro atoms. The van der Waals surface area contributed by atoms with E-state index in [9.17, 15) is 29.9 Å². The zero-order chi connectivity index (χ0) is 17.9. The molecule has 1 aromatic carbocycles. The molecule has 130 valence electrons. The van der Waals surface area contributed by atoms with Gasteiger partial charge in [-0.05, 0) is 18.4 Å². The molecule has 0 radical (unpaired) electrons. The van der Waals surface area contributed by atoms with Gasteiger partial charge in [-0.2, -0.15) is 0 Å². The predicted molar refractivity (Wildman–Crippen MR) is 80.6 cm³/mol. The van der Waals surface area contributed by atoms with Crippen molar-refractivity contribution in [1.29, 1.82) is 0 Å². The van der Waals surface area contributed by atoms with Crippen molar-refractivity contribution >= 4 is 17.9 Å². The van der Waals surface area contributed by atoms with Crippen LogP contribution in [0, 0.1) is 22.0 Å². The highest BCUT2D eigenvalue weighted by atomic mass is 16.6.